The summed E-state index contributed by atoms with van der Waals surface area (Å²) in [5.74, 6) is -0.515. The molecule has 40 heavy (non-hydrogen) atoms. The summed E-state index contributed by atoms with van der Waals surface area (Å²) in [7, 11) is 0. The van der Waals surface area contributed by atoms with E-state index in [2.05, 4.69) is 6.92 Å². The number of benzene rings is 2. The molecule has 8 heteroatoms. The van der Waals surface area contributed by atoms with Crippen molar-refractivity contribution in [1.82, 2.24) is 14.4 Å². The fraction of sp³-hybridized carbons (Fsp3) is 0.438. The van der Waals surface area contributed by atoms with Gasteiger partial charge >= 0.3 is 6.18 Å². The van der Waals surface area contributed by atoms with E-state index in [1.165, 1.54) is 6.07 Å². The Kier molecular flexibility index (Phi) is 11.4. The molecule has 0 aliphatic heterocycles. The molecule has 1 atom stereocenters. The molecule has 0 N–H and O–H groups in total. The smallest absolute Gasteiger partial charge is 0.345 e. The molecule has 2 aromatic carbocycles. The Labute approximate surface area is 235 Å². The van der Waals surface area contributed by atoms with Gasteiger partial charge in [0.1, 0.15) is 0 Å². The van der Waals surface area contributed by atoms with E-state index in [-0.39, 0.29) is 30.8 Å². The van der Waals surface area contributed by atoms with Crippen LogP contribution in [-0.4, -0.2) is 45.8 Å². The Balaban J connectivity index is 1.76. The zero-order valence-corrected chi connectivity index (χ0v) is 23.7. The van der Waals surface area contributed by atoms with E-state index in [9.17, 15) is 22.8 Å². The molecule has 2 amide bonds. The number of halogens is 3. The second-order valence-electron chi connectivity index (χ2n) is 10.1. The number of rotatable bonds is 14. The van der Waals surface area contributed by atoms with Crippen LogP contribution in [0.15, 0.2) is 72.9 Å². The van der Waals surface area contributed by atoms with Crippen LogP contribution in [0, 0.1) is 0 Å². The van der Waals surface area contributed by atoms with Gasteiger partial charge in [0.2, 0.25) is 11.8 Å². The highest BCUT2D eigenvalue weighted by Crippen LogP contribution is 2.30. The number of hydrogen-bond donors (Lipinski definition) is 0. The molecule has 5 nitrogen and oxygen atoms in total. The summed E-state index contributed by atoms with van der Waals surface area (Å²) in [5, 5.41) is 0. The lowest BCUT2D eigenvalue weighted by atomic mass is 9.95. The molecule has 0 saturated carbocycles. The minimum absolute atomic E-state index is 0.0148. The van der Waals surface area contributed by atoms with Gasteiger partial charge in [0, 0.05) is 31.5 Å². The van der Waals surface area contributed by atoms with E-state index in [0.29, 0.717) is 31.6 Å². The lowest BCUT2D eigenvalue weighted by Crippen LogP contribution is -2.44. The lowest BCUT2D eigenvalue weighted by Gasteiger charge is -2.29. The van der Waals surface area contributed by atoms with Crippen molar-refractivity contribution in [2.24, 2.45) is 0 Å². The molecule has 0 aliphatic carbocycles. The number of unbranched alkanes of at least 4 members (excludes halogenated alkanes) is 2. The second kappa shape index (κ2) is 14.7. The zero-order valence-electron chi connectivity index (χ0n) is 23.7. The van der Waals surface area contributed by atoms with E-state index >= 15 is 0 Å². The summed E-state index contributed by atoms with van der Waals surface area (Å²) >= 11 is 0. The third-order valence-corrected chi connectivity index (χ3v) is 7.20. The molecule has 0 fully saturated rings. The fourth-order valence-electron chi connectivity index (χ4n) is 4.90. The molecule has 216 valence electrons. The third kappa shape index (κ3) is 8.47. The lowest BCUT2D eigenvalue weighted by molar-refractivity contribution is -0.141. The van der Waals surface area contributed by atoms with E-state index in [0.717, 1.165) is 42.7 Å². The van der Waals surface area contributed by atoms with Crippen LogP contribution >= 0.6 is 0 Å². The molecule has 0 radical (unpaired) electrons. The Bertz CT molecular complexity index is 1220. The Morgan fingerprint density at radius 1 is 0.900 bits per heavy atom. The van der Waals surface area contributed by atoms with Gasteiger partial charge in [-0.15, -0.1) is 0 Å². The zero-order chi connectivity index (χ0) is 29.1. The molecule has 3 rings (SSSR count). The molecule has 0 spiro atoms. The summed E-state index contributed by atoms with van der Waals surface area (Å²) in [6.45, 7) is 7.47. The third-order valence-electron chi connectivity index (χ3n) is 7.20. The van der Waals surface area contributed by atoms with Crippen molar-refractivity contribution >= 4 is 11.8 Å². The summed E-state index contributed by atoms with van der Waals surface area (Å²) < 4.78 is 41.5. The van der Waals surface area contributed by atoms with Crippen molar-refractivity contribution in [2.75, 3.05) is 19.6 Å². The van der Waals surface area contributed by atoms with Gasteiger partial charge < -0.3 is 14.4 Å². The van der Waals surface area contributed by atoms with Crippen LogP contribution in [0.4, 0.5) is 13.2 Å². The van der Waals surface area contributed by atoms with Crippen LogP contribution in [0.25, 0.3) is 0 Å². The van der Waals surface area contributed by atoms with Crippen molar-refractivity contribution < 1.29 is 22.8 Å². The Morgan fingerprint density at radius 3 is 2.30 bits per heavy atom. The number of carbonyl (C=O) groups excluding carboxylic acids is 2. The monoisotopic (exact) mass is 555 g/mol. The molecule has 3 aromatic rings. The molecular formula is C32H40F3N3O2. The Morgan fingerprint density at radius 2 is 1.65 bits per heavy atom. The van der Waals surface area contributed by atoms with Crippen LogP contribution in [-0.2, 0) is 28.9 Å². The number of alkyl halides is 3. The number of hydrogen-bond acceptors (Lipinski definition) is 2. The topological polar surface area (TPSA) is 45.6 Å². The maximum absolute atomic E-state index is 13.6. The molecule has 1 heterocycles. The van der Waals surface area contributed by atoms with Crippen molar-refractivity contribution in [3.8, 4) is 0 Å². The van der Waals surface area contributed by atoms with E-state index in [4.69, 9.17) is 0 Å². The van der Waals surface area contributed by atoms with Crippen LogP contribution in [0.5, 0.6) is 0 Å². The van der Waals surface area contributed by atoms with Gasteiger partial charge in [0.15, 0.2) is 0 Å². The maximum atomic E-state index is 13.6. The highest BCUT2D eigenvalue weighted by atomic mass is 19.4. The fourth-order valence-corrected chi connectivity index (χ4v) is 4.90. The maximum Gasteiger partial charge on any atom is 0.416 e. The van der Waals surface area contributed by atoms with Gasteiger partial charge in [-0.1, -0.05) is 69.2 Å². The molecular weight excluding hydrogens is 515 g/mol. The summed E-state index contributed by atoms with van der Waals surface area (Å²) in [6, 6.07) is 18.7. The first-order valence-electron chi connectivity index (χ1n) is 14.1. The quantitative estimate of drug-likeness (QED) is 0.199. The normalized spacial score (nSPS) is 12.2. The highest BCUT2D eigenvalue weighted by Gasteiger charge is 2.30. The number of nitrogens with zero attached hydrogens (tertiary/aromatic N) is 3. The van der Waals surface area contributed by atoms with Crippen LogP contribution < -0.4 is 0 Å². The van der Waals surface area contributed by atoms with Gasteiger partial charge in [-0.3, -0.25) is 9.59 Å². The summed E-state index contributed by atoms with van der Waals surface area (Å²) in [6.07, 6.45) is 0.852. The van der Waals surface area contributed by atoms with E-state index in [1.54, 1.807) is 15.9 Å². The molecule has 0 aliphatic rings. The largest absolute Gasteiger partial charge is 0.416 e. The molecule has 1 unspecified atom stereocenters. The average molecular weight is 556 g/mol. The number of amides is 2. The molecule has 1 aromatic heterocycles. The molecule has 0 saturated heterocycles. The van der Waals surface area contributed by atoms with Crippen molar-refractivity contribution in [1.29, 1.82) is 0 Å². The molecule has 0 bridgehead atoms. The average Bonchev–Trinajstić information content (AvgIpc) is 3.38. The van der Waals surface area contributed by atoms with E-state index < -0.39 is 11.7 Å². The number of carbonyl (C=O) groups is 2. The first-order chi connectivity index (χ1) is 19.2. The van der Waals surface area contributed by atoms with Crippen molar-refractivity contribution in [3.63, 3.8) is 0 Å². The van der Waals surface area contributed by atoms with Crippen LogP contribution in [0.3, 0.4) is 0 Å². The highest BCUT2D eigenvalue weighted by molar-refractivity contribution is 5.88. The minimum atomic E-state index is -4.40. The second-order valence-corrected chi connectivity index (χ2v) is 10.1. The van der Waals surface area contributed by atoms with E-state index in [1.807, 2.05) is 67.1 Å². The van der Waals surface area contributed by atoms with Crippen LogP contribution in [0.1, 0.15) is 74.8 Å². The first kappa shape index (κ1) is 31.0. The van der Waals surface area contributed by atoms with Gasteiger partial charge in [0.05, 0.1) is 24.6 Å². The van der Waals surface area contributed by atoms with Crippen molar-refractivity contribution in [3.05, 3.63) is 95.3 Å². The minimum Gasteiger partial charge on any atom is -0.345 e. The summed E-state index contributed by atoms with van der Waals surface area (Å²) in [4.78, 5) is 30.5. The standard InChI is InChI=1S/C32H40F3N3O2/c1-4-7-11-19-38(30(39)24-36(6-3)31(40)29(5-2)26-15-9-8-10-16-26)23-28-18-13-20-37(28)22-25-14-12-17-27(21-25)32(33,34)35/h8-10,12-18,20-21,29H,4-7,11,19,22-24H2,1-3H3. The van der Waals surface area contributed by atoms with Crippen molar-refractivity contribution in [2.45, 2.75) is 71.6 Å². The number of aromatic nitrogens is 1. The predicted molar refractivity (Wildman–Crippen MR) is 152 cm³/mol. The van der Waals surface area contributed by atoms with Gasteiger partial charge in [-0.05, 0) is 55.2 Å². The first-order valence-corrected chi connectivity index (χ1v) is 14.1. The van der Waals surface area contributed by atoms with Crippen LogP contribution in [0.2, 0.25) is 0 Å². The summed E-state index contributed by atoms with van der Waals surface area (Å²) in [5.41, 5.74) is 1.62. The van der Waals surface area contributed by atoms with Gasteiger partial charge in [-0.25, -0.2) is 0 Å². The SMILES string of the molecule is CCCCCN(Cc1cccn1Cc1cccc(C(F)(F)F)c1)C(=O)CN(CC)C(=O)C(CC)c1ccccc1. The predicted octanol–water partition coefficient (Wildman–Crippen LogP) is 7.12. The number of likely N-dealkylation sites (N-methyl/N-ethyl adjacent to an activating group) is 1. The van der Waals surface area contributed by atoms with Gasteiger partial charge in [-0.2, -0.15) is 13.2 Å². The van der Waals surface area contributed by atoms with Gasteiger partial charge in [0.25, 0.3) is 0 Å². The Hall–Kier alpha value is -3.55.